The molecule has 6 aromatic rings. The lowest BCUT2D eigenvalue weighted by Gasteiger charge is -2.36. The van der Waals surface area contributed by atoms with Gasteiger partial charge in [0.15, 0.2) is 0 Å². The van der Waals surface area contributed by atoms with E-state index in [0.29, 0.717) is 45.5 Å². The van der Waals surface area contributed by atoms with Crippen molar-refractivity contribution in [1.82, 2.24) is 19.8 Å². The Morgan fingerprint density at radius 2 is 1.11 bits per heavy atom. The number of nitrogens with zero attached hydrogens (tertiary/aromatic N) is 6. The van der Waals surface area contributed by atoms with E-state index < -0.39 is 24.0 Å². The molecular weight excluding hydrogens is 851 g/mol. The molecule has 13 nitrogen and oxygen atoms in total. The number of piperazine rings is 1. The summed E-state index contributed by atoms with van der Waals surface area (Å²) in [5.74, 6) is 1.20. The Labute approximate surface area is 383 Å². The van der Waals surface area contributed by atoms with E-state index in [2.05, 4.69) is 56.5 Å². The maximum Gasteiger partial charge on any atom is 0.269 e. The summed E-state index contributed by atoms with van der Waals surface area (Å²) < 4.78 is 12.8. The number of β-amino-alcohol motifs (C(OH)–C–C–N with tert-alkyl or cyclic N) is 1. The molecule has 2 aromatic heterocycles. The van der Waals surface area contributed by atoms with Gasteiger partial charge in [-0.25, -0.2) is 9.97 Å². The molecule has 4 heterocycles. The van der Waals surface area contributed by atoms with Gasteiger partial charge in [0.1, 0.15) is 23.1 Å². The number of fused-ring (bicyclic) bond motifs is 2. The van der Waals surface area contributed by atoms with Gasteiger partial charge in [0.2, 0.25) is 12.2 Å². The average molecular weight is 906 g/mol. The van der Waals surface area contributed by atoms with Gasteiger partial charge in [-0.3, -0.25) is 14.5 Å². The molecule has 64 heavy (non-hydrogen) atoms. The van der Waals surface area contributed by atoms with Gasteiger partial charge >= 0.3 is 0 Å². The molecule has 3 N–H and O–H groups in total. The Bertz CT molecular complexity index is 2600. The van der Waals surface area contributed by atoms with Crippen LogP contribution in [0.1, 0.15) is 24.0 Å². The van der Waals surface area contributed by atoms with E-state index in [1.165, 1.54) is 0 Å². The first kappa shape index (κ1) is 44.9. The van der Waals surface area contributed by atoms with Gasteiger partial charge in [-0.1, -0.05) is 23.2 Å². The van der Waals surface area contributed by atoms with Crippen molar-refractivity contribution in [3.8, 4) is 11.5 Å². The predicted octanol–water partition coefficient (Wildman–Crippen LogP) is 7.82. The summed E-state index contributed by atoms with van der Waals surface area (Å²) in [7, 11) is 4.27. The SMILES string of the molecule is Cc1cc(N2CCC(N(C)C)CC2)nc2ccc(NC(=O)C(Oc3ccc(Cl)cc3)C(Oc3ccc(Cl)cc3)C(=O)Nc3ccc4nc(N5CCN(CCO)CC5)cc(C)c4c3)cc12. The Hall–Kier alpha value is -5.70. The number of aryl methyl sites for hydroxylation is 2. The van der Waals surface area contributed by atoms with Crippen molar-refractivity contribution >= 4 is 79.8 Å². The van der Waals surface area contributed by atoms with E-state index in [9.17, 15) is 14.7 Å². The molecule has 2 amide bonds. The number of amides is 2. The zero-order valence-electron chi connectivity index (χ0n) is 36.6. The number of aromatic nitrogens is 2. The van der Waals surface area contributed by atoms with Gasteiger partial charge in [-0.15, -0.1) is 0 Å². The van der Waals surface area contributed by atoms with Crippen LogP contribution >= 0.6 is 23.2 Å². The van der Waals surface area contributed by atoms with Crippen molar-refractivity contribution in [3.63, 3.8) is 0 Å². The van der Waals surface area contributed by atoms with Crippen LogP contribution in [0.5, 0.6) is 11.5 Å². The molecule has 0 spiro atoms. The average Bonchev–Trinajstić information content (AvgIpc) is 3.29. The number of hydrogen-bond acceptors (Lipinski definition) is 11. The Balaban J connectivity index is 1.07. The lowest BCUT2D eigenvalue weighted by Crippen LogP contribution is -2.51. The van der Waals surface area contributed by atoms with Crippen molar-refractivity contribution in [2.45, 2.75) is 44.9 Å². The molecule has 4 aromatic carbocycles. The quantitative estimate of drug-likeness (QED) is 0.0988. The molecule has 0 bridgehead atoms. The van der Waals surface area contributed by atoms with Crippen molar-refractivity contribution in [2.24, 2.45) is 0 Å². The first-order chi connectivity index (χ1) is 30.9. The van der Waals surface area contributed by atoms with E-state index >= 15 is 0 Å². The van der Waals surface area contributed by atoms with Gasteiger partial charge in [0.25, 0.3) is 11.8 Å². The fraction of sp³-hybridized carbons (Fsp3) is 0.347. The summed E-state index contributed by atoms with van der Waals surface area (Å²) in [6.07, 6.45) is -0.850. The van der Waals surface area contributed by atoms with Crippen LogP contribution in [0.2, 0.25) is 10.0 Å². The third kappa shape index (κ3) is 10.6. The highest BCUT2D eigenvalue weighted by Gasteiger charge is 2.39. The van der Waals surface area contributed by atoms with Crippen LogP contribution in [-0.4, -0.2) is 121 Å². The fourth-order valence-corrected chi connectivity index (χ4v) is 8.69. The van der Waals surface area contributed by atoms with Crippen LogP contribution < -0.4 is 29.9 Å². The number of piperidine rings is 1. The number of nitrogens with one attached hydrogen (secondary N) is 2. The summed E-state index contributed by atoms with van der Waals surface area (Å²) >= 11 is 12.5. The summed E-state index contributed by atoms with van der Waals surface area (Å²) in [5.41, 5.74) is 4.60. The maximum atomic E-state index is 14.6. The van der Waals surface area contributed by atoms with Crippen LogP contribution in [0.4, 0.5) is 23.0 Å². The first-order valence-corrected chi connectivity index (χ1v) is 22.4. The zero-order valence-corrected chi connectivity index (χ0v) is 38.1. The molecule has 2 saturated heterocycles. The monoisotopic (exact) mass is 904 g/mol. The van der Waals surface area contributed by atoms with Crippen molar-refractivity contribution in [1.29, 1.82) is 0 Å². The molecule has 15 heteroatoms. The van der Waals surface area contributed by atoms with Crippen LogP contribution in [-0.2, 0) is 9.59 Å². The van der Waals surface area contributed by atoms with E-state index in [-0.39, 0.29) is 6.61 Å². The molecule has 8 rings (SSSR count). The largest absolute Gasteiger partial charge is 0.476 e. The van der Waals surface area contributed by atoms with E-state index in [1.54, 1.807) is 60.7 Å². The predicted molar refractivity (Wildman–Crippen MR) is 257 cm³/mol. The van der Waals surface area contributed by atoms with E-state index in [4.69, 9.17) is 42.6 Å². The maximum absolute atomic E-state index is 14.6. The topological polar surface area (TPSA) is 136 Å². The molecule has 2 aliphatic heterocycles. The summed E-state index contributed by atoms with van der Waals surface area (Å²) in [6.45, 7) is 10.1. The second-order valence-electron chi connectivity index (χ2n) is 16.8. The number of carbonyl (C=O) groups excluding carboxylic acids is 2. The minimum Gasteiger partial charge on any atom is -0.476 e. The Kier molecular flexibility index (Phi) is 14.0. The van der Waals surface area contributed by atoms with Gasteiger partial charge in [0, 0.05) is 84.0 Å². The van der Waals surface area contributed by atoms with Gasteiger partial charge in [0.05, 0.1) is 17.6 Å². The van der Waals surface area contributed by atoms with Crippen molar-refractivity contribution in [3.05, 3.63) is 118 Å². The first-order valence-electron chi connectivity index (χ1n) is 21.7. The number of aliphatic hydroxyl groups excluding tert-OH is 1. The third-order valence-corrected chi connectivity index (χ3v) is 12.6. The lowest BCUT2D eigenvalue weighted by molar-refractivity contribution is -0.136. The number of pyridine rings is 2. The highest BCUT2D eigenvalue weighted by Crippen LogP contribution is 2.30. The fourth-order valence-electron chi connectivity index (χ4n) is 8.44. The zero-order chi connectivity index (χ0) is 44.9. The molecule has 2 atom stereocenters. The van der Waals surface area contributed by atoms with Gasteiger partial charge in [-0.05, 0) is 149 Å². The second kappa shape index (κ2) is 20.0. The molecule has 334 valence electrons. The summed E-state index contributed by atoms with van der Waals surface area (Å²) in [6, 6.07) is 28.9. The third-order valence-electron chi connectivity index (χ3n) is 12.1. The Morgan fingerprint density at radius 3 is 1.53 bits per heavy atom. The van der Waals surface area contributed by atoms with E-state index in [1.807, 2.05) is 38.1 Å². The lowest BCUT2D eigenvalue weighted by atomic mass is 10.0. The number of aliphatic hydroxyl groups is 1. The smallest absolute Gasteiger partial charge is 0.269 e. The van der Waals surface area contributed by atoms with Crippen LogP contribution in [0.25, 0.3) is 21.8 Å². The van der Waals surface area contributed by atoms with Crippen molar-refractivity contribution in [2.75, 3.05) is 86.9 Å². The van der Waals surface area contributed by atoms with E-state index in [0.717, 1.165) is 96.7 Å². The minimum absolute atomic E-state index is 0.144. The number of ether oxygens (including phenoxy) is 2. The molecule has 2 unspecified atom stereocenters. The highest BCUT2D eigenvalue weighted by atomic mass is 35.5. The number of carbonyl (C=O) groups is 2. The molecule has 2 aliphatic rings. The van der Waals surface area contributed by atoms with Crippen LogP contribution in [0, 0.1) is 13.8 Å². The molecule has 0 radical (unpaired) electrons. The molecule has 0 saturated carbocycles. The molecule has 0 aliphatic carbocycles. The minimum atomic E-state index is -1.50. The second-order valence-corrected chi connectivity index (χ2v) is 17.6. The molecule has 2 fully saturated rings. The Morgan fingerprint density at radius 1 is 0.672 bits per heavy atom. The molecular formula is C49H54Cl2N8O5. The standard InChI is InChI=1S/C49H54Cl2N8O5/c1-31-27-44(58-19-17-37(18-20-58)56(3)4)54-42-15-9-35(29-40(31)42)52-48(61)46(63-38-11-5-33(50)6-12-38)47(64-39-13-7-34(51)8-14-39)49(62)53-36-10-16-43-41(30-36)32(2)28-45(55-43)59-23-21-57(22-24-59)25-26-60/h5-16,27-30,37,46-47,60H,17-26H2,1-4H3,(H,52,61)(H,53,62). The highest BCUT2D eigenvalue weighted by molar-refractivity contribution is 6.30. The summed E-state index contributed by atoms with van der Waals surface area (Å²) in [5, 5.41) is 18.1. The van der Waals surface area contributed by atoms with Gasteiger partial charge in [-0.2, -0.15) is 0 Å². The van der Waals surface area contributed by atoms with Crippen LogP contribution in [0.3, 0.4) is 0 Å². The number of benzene rings is 4. The van der Waals surface area contributed by atoms with Crippen LogP contribution in [0.15, 0.2) is 97.1 Å². The normalized spacial score (nSPS) is 15.9. The number of rotatable bonds is 14. The number of hydrogen-bond donors (Lipinski definition) is 3. The van der Waals surface area contributed by atoms with Gasteiger partial charge < -0.3 is 39.9 Å². The van der Waals surface area contributed by atoms with Crippen molar-refractivity contribution < 1.29 is 24.2 Å². The number of anilines is 4. The number of halogens is 2. The summed E-state index contributed by atoms with van der Waals surface area (Å²) in [4.78, 5) is 48.3.